The van der Waals surface area contributed by atoms with Gasteiger partial charge in [0.2, 0.25) is 0 Å². The van der Waals surface area contributed by atoms with E-state index >= 15 is 0 Å². The molecule has 4 nitrogen and oxygen atoms in total. The van der Waals surface area contributed by atoms with Crippen molar-refractivity contribution in [2.24, 2.45) is 0 Å². The van der Waals surface area contributed by atoms with Crippen LogP contribution in [-0.2, 0) is 14.2 Å². The van der Waals surface area contributed by atoms with Crippen LogP contribution >= 0.6 is 0 Å². The molecule has 0 aromatic rings. The average molecular weight is 245 g/mol. The minimum atomic E-state index is 0.283. The monoisotopic (exact) mass is 245 g/mol. The average Bonchev–Trinajstić information content (AvgIpc) is 2.35. The fourth-order valence-corrected chi connectivity index (χ4v) is 1.94. The van der Waals surface area contributed by atoms with Crippen molar-refractivity contribution in [2.75, 3.05) is 39.5 Å². The van der Waals surface area contributed by atoms with Crippen LogP contribution in [0.3, 0.4) is 0 Å². The van der Waals surface area contributed by atoms with Crippen LogP contribution < -0.4 is 5.32 Å². The van der Waals surface area contributed by atoms with E-state index in [-0.39, 0.29) is 6.10 Å². The zero-order valence-electron chi connectivity index (χ0n) is 11.2. The number of rotatable bonds is 9. The van der Waals surface area contributed by atoms with E-state index in [4.69, 9.17) is 14.2 Å². The molecule has 1 fully saturated rings. The molecule has 1 aliphatic rings. The molecule has 0 amide bonds. The third-order valence-electron chi connectivity index (χ3n) is 2.87. The molecule has 1 rings (SSSR count). The van der Waals surface area contributed by atoms with Crippen molar-refractivity contribution in [1.82, 2.24) is 5.32 Å². The highest BCUT2D eigenvalue weighted by molar-refractivity contribution is 4.66. The maximum atomic E-state index is 5.95. The minimum Gasteiger partial charge on any atom is -0.382 e. The van der Waals surface area contributed by atoms with Crippen molar-refractivity contribution in [3.63, 3.8) is 0 Å². The van der Waals surface area contributed by atoms with Crippen LogP contribution in [0.5, 0.6) is 0 Å². The van der Waals surface area contributed by atoms with Crippen molar-refractivity contribution >= 4 is 0 Å². The SMILES string of the molecule is CCOCCCNCC(C)OC1CCOCC1. The largest absolute Gasteiger partial charge is 0.382 e. The molecule has 4 heteroatoms. The first-order chi connectivity index (χ1) is 8.33. The van der Waals surface area contributed by atoms with Gasteiger partial charge in [0.25, 0.3) is 0 Å². The molecule has 1 N–H and O–H groups in total. The maximum Gasteiger partial charge on any atom is 0.0675 e. The van der Waals surface area contributed by atoms with Gasteiger partial charge in [-0.1, -0.05) is 0 Å². The molecule has 0 saturated carbocycles. The lowest BCUT2D eigenvalue weighted by atomic mass is 10.1. The first kappa shape index (κ1) is 14.9. The summed E-state index contributed by atoms with van der Waals surface area (Å²) in [5.74, 6) is 0. The molecule has 0 radical (unpaired) electrons. The van der Waals surface area contributed by atoms with Gasteiger partial charge in [-0.15, -0.1) is 0 Å². The van der Waals surface area contributed by atoms with Crippen molar-refractivity contribution in [2.45, 2.75) is 45.3 Å². The Morgan fingerprint density at radius 1 is 1.35 bits per heavy atom. The number of hydrogen-bond acceptors (Lipinski definition) is 4. The molecule has 0 spiro atoms. The second-order valence-corrected chi connectivity index (χ2v) is 4.51. The first-order valence-corrected chi connectivity index (χ1v) is 6.84. The Morgan fingerprint density at radius 3 is 2.82 bits per heavy atom. The molecule has 1 aliphatic heterocycles. The van der Waals surface area contributed by atoms with Gasteiger partial charge in [0.05, 0.1) is 12.2 Å². The van der Waals surface area contributed by atoms with E-state index in [1.807, 2.05) is 6.92 Å². The van der Waals surface area contributed by atoms with Gasteiger partial charge in [0.15, 0.2) is 0 Å². The highest BCUT2D eigenvalue weighted by Gasteiger charge is 2.16. The Bertz CT molecular complexity index is 172. The normalized spacial score (nSPS) is 19.4. The van der Waals surface area contributed by atoms with Gasteiger partial charge in [-0.25, -0.2) is 0 Å². The number of hydrogen-bond donors (Lipinski definition) is 1. The van der Waals surface area contributed by atoms with Crippen molar-refractivity contribution < 1.29 is 14.2 Å². The smallest absolute Gasteiger partial charge is 0.0675 e. The Hall–Kier alpha value is -0.160. The first-order valence-electron chi connectivity index (χ1n) is 6.84. The number of nitrogens with one attached hydrogen (secondary N) is 1. The Kier molecular flexibility index (Phi) is 8.61. The van der Waals surface area contributed by atoms with Crippen molar-refractivity contribution in [1.29, 1.82) is 0 Å². The van der Waals surface area contributed by atoms with Crippen LogP contribution in [0.4, 0.5) is 0 Å². The van der Waals surface area contributed by atoms with E-state index < -0.39 is 0 Å². The molecule has 1 unspecified atom stereocenters. The quantitative estimate of drug-likeness (QED) is 0.626. The molecule has 0 aromatic heterocycles. The van der Waals surface area contributed by atoms with Crippen LogP contribution in [-0.4, -0.2) is 51.7 Å². The number of ether oxygens (including phenoxy) is 3. The maximum absolute atomic E-state index is 5.95. The lowest BCUT2D eigenvalue weighted by Gasteiger charge is -2.26. The Morgan fingerprint density at radius 2 is 2.12 bits per heavy atom. The van der Waals surface area contributed by atoms with Crippen LogP contribution in [0.15, 0.2) is 0 Å². The zero-order valence-corrected chi connectivity index (χ0v) is 11.2. The summed E-state index contributed by atoms with van der Waals surface area (Å²) in [5.41, 5.74) is 0. The van der Waals surface area contributed by atoms with Crippen LogP contribution in [0.2, 0.25) is 0 Å². The molecule has 102 valence electrons. The van der Waals surface area contributed by atoms with E-state index in [9.17, 15) is 0 Å². The summed E-state index contributed by atoms with van der Waals surface area (Å²) < 4.78 is 16.5. The summed E-state index contributed by atoms with van der Waals surface area (Å²) in [6.45, 7) is 9.42. The zero-order chi connectivity index (χ0) is 12.3. The molecular weight excluding hydrogens is 218 g/mol. The van der Waals surface area contributed by atoms with E-state index in [0.717, 1.165) is 58.8 Å². The van der Waals surface area contributed by atoms with Crippen LogP contribution in [0.1, 0.15) is 33.1 Å². The van der Waals surface area contributed by atoms with Gasteiger partial charge in [0.1, 0.15) is 0 Å². The van der Waals surface area contributed by atoms with Gasteiger partial charge in [-0.3, -0.25) is 0 Å². The van der Waals surface area contributed by atoms with Gasteiger partial charge in [-0.2, -0.15) is 0 Å². The summed E-state index contributed by atoms with van der Waals surface area (Å²) in [6.07, 6.45) is 3.82. The second-order valence-electron chi connectivity index (χ2n) is 4.51. The summed E-state index contributed by atoms with van der Waals surface area (Å²) >= 11 is 0. The van der Waals surface area contributed by atoms with E-state index in [2.05, 4.69) is 12.2 Å². The summed E-state index contributed by atoms with van der Waals surface area (Å²) in [6, 6.07) is 0. The molecular formula is C13H27NO3. The molecule has 0 bridgehead atoms. The molecule has 1 heterocycles. The lowest BCUT2D eigenvalue weighted by Crippen LogP contribution is -2.33. The fraction of sp³-hybridized carbons (Fsp3) is 1.00. The summed E-state index contributed by atoms with van der Waals surface area (Å²) in [5, 5.41) is 3.40. The Labute approximate surface area is 105 Å². The lowest BCUT2D eigenvalue weighted by molar-refractivity contribution is -0.0612. The van der Waals surface area contributed by atoms with Gasteiger partial charge in [0, 0.05) is 33.0 Å². The van der Waals surface area contributed by atoms with E-state index in [1.165, 1.54) is 0 Å². The van der Waals surface area contributed by atoms with Crippen molar-refractivity contribution in [3.8, 4) is 0 Å². The van der Waals surface area contributed by atoms with Crippen LogP contribution in [0, 0.1) is 0 Å². The third kappa shape index (κ3) is 7.71. The highest BCUT2D eigenvalue weighted by Crippen LogP contribution is 2.12. The summed E-state index contributed by atoms with van der Waals surface area (Å²) in [7, 11) is 0. The predicted octanol–water partition coefficient (Wildman–Crippen LogP) is 1.59. The minimum absolute atomic E-state index is 0.283. The molecule has 17 heavy (non-hydrogen) atoms. The van der Waals surface area contributed by atoms with Gasteiger partial charge < -0.3 is 19.5 Å². The third-order valence-corrected chi connectivity index (χ3v) is 2.87. The van der Waals surface area contributed by atoms with Crippen molar-refractivity contribution in [3.05, 3.63) is 0 Å². The highest BCUT2D eigenvalue weighted by atomic mass is 16.5. The van der Waals surface area contributed by atoms with E-state index in [0.29, 0.717) is 6.10 Å². The second kappa shape index (κ2) is 9.83. The predicted molar refractivity (Wildman–Crippen MR) is 68.4 cm³/mol. The fourth-order valence-electron chi connectivity index (χ4n) is 1.94. The van der Waals surface area contributed by atoms with Gasteiger partial charge >= 0.3 is 0 Å². The topological polar surface area (TPSA) is 39.7 Å². The van der Waals surface area contributed by atoms with Gasteiger partial charge in [-0.05, 0) is 39.7 Å². The Balaban J connectivity index is 1.91. The molecule has 0 aliphatic carbocycles. The standard InChI is InChI=1S/C13H27NO3/c1-3-15-8-4-7-14-11-12(2)17-13-5-9-16-10-6-13/h12-14H,3-11H2,1-2H3. The molecule has 1 saturated heterocycles. The molecule has 1 atom stereocenters. The molecule has 0 aromatic carbocycles. The van der Waals surface area contributed by atoms with Crippen LogP contribution in [0.25, 0.3) is 0 Å². The van der Waals surface area contributed by atoms with E-state index in [1.54, 1.807) is 0 Å². The summed E-state index contributed by atoms with van der Waals surface area (Å²) in [4.78, 5) is 0.